The van der Waals surface area contributed by atoms with Gasteiger partial charge in [0, 0.05) is 29.9 Å². The molecule has 32 heavy (non-hydrogen) atoms. The van der Waals surface area contributed by atoms with E-state index in [0.717, 1.165) is 4.09 Å². The third kappa shape index (κ3) is 3.26. The summed E-state index contributed by atoms with van der Waals surface area (Å²) in [6.45, 7) is -0.384. The van der Waals surface area contributed by atoms with Crippen molar-refractivity contribution >= 4 is 27.0 Å². The number of rotatable bonds is 5. The topological polar surface area (TPSA) is 119 Å². The van der Waals surface area contributed by atoms with Crippen LogP contribution >= 0.6 is 0 Å². The van der Waals surface area contributed by atoms with Gasteiger partial charge in [-0.1, -0.05) is 18.2 Å². The van der Waals surface area contributed by atoms with Crippen LogP contribution in [0.1, 0.15) is 22.7 Å². The third-order valence-corrected chi connectivity index (χ3v) is 7.01. The average molecular weight is 456 g/mol. The van der Waals surface area contributed by atoms with Gasteiger partial charge in [-0.05, 0) is 18.2 Å². The van der Waals surface area contributed by atoms with Gasteiger partial charge in [-0.2, -0.15) is 17.6 Å². The fraction of sp³-hybridized carbons (Fsp3) is 0.190. The monoisotopic (exact) mass is 456 g/mol. The van der Waals surface area contributed by atoms with E-state index >= 15 is 0 Å². The van der Waals surface area contributed by atoms with Crippen molar-refractivity contribution in [2.45, 2.75) is 23.9 Å². The zero-order valence-corrected chi connectivity index (χ0v) is 17.4. The summed E-state index contributed by atoms with van der Waals surface area (Å²) in [6, 6.07) is 10.1. The lowest BCUT2D eigenvalue weighted by atomic mass is 9.98. The summed E-state index contributed by atoms with van der Waals surface area (Å²) >= 11 is 0. The molecule has 1 atom stereocenters. The third-order valence-electron chi connectivity index (χ3n) is 5.48. The molecular formula is C21H17FN4O5S. The standard InChI is InChI=1S/C21H17FN4O5S/c22-17-4-2-1-3-15(17)16(11-27)21(28)25-8-13-9-26(24-19(13)10-25)32(29,30)14-5-6-18-20(7-14)31-12-23-18/h1-7,9,12,16,27H,8,10-11H2/t16-/m1/s1. The summed E-state index contributed by atoms with van der Waals surface area (Å²) in [5.41, 5.74) is 1.97. The molecule has 164 valence electrons. The first kappa shape index (κ1) is 20.3. The minimum atomic E-state index is -3.97. The van der Waals surface area contributed by atoms with E-state index in [0.29, 0.717) is 22.4 Å². The lowest BCUT2D eigenvalue weighted by Crippen LogP contribution is -2.33. The Bertz CT molecular complexity index is 1420. The molecule has 0 aliphatic carbocycles. The van der Waals surface area contributed by atoms with Crippen LogP contribution in [0.25, 0.3) is 11.1 Å². The molecule has 0 radical (unpaired) electrons. The van der Waals surface area contributed by atoms with Crippen molar-refractivity contribution in [1.29, 1.82) is 0 Å². The van der Waals surface area contributed by atoms with Crippen LogP contribution in [0, 0.1) is 5.82 Å². The minimum absolute atomic E-state index is 0.00393. The number of hydrogen-bond donors (Lipinski definition) is 1. The largest absolute Gasteiger partial charge is 0.443 e. The highest BCUT2D eigenvalue weighted by molar-refractivity contribution is 7.89. The molecule has 2 aromatic heterocycles. The van der Waals surface area contributed by atoms with Crippen molar-refractivity contribution in [2.75, 3.05) is 6.61 Å². The fourth-order valence-electron chi connectivity index (χ4n) is 3.80. The van der Waals surface area contributed by atoms with Gasteiger partial charge in [-0.15, -0.1) is 0 Å². The Morgan fingerprint density at radius 3 is 2.78 bits per heavy atom. The number of fused-ring (bicyclic) bond motifs is 2. The molecule has 0 bridgehead atoms. The van der Waals surface area contributed by atoms with Gasteiger partial charge in [0.25, 0.3) is 10.0 Å². The molecule has 0 unspecified atom stereocenters. The minimum Gasteiger partial charge on any atom is -0.443 e. The molecule has 1 aliphatic rings. The van der Waals surface area contributed by atoms with E-state index < -0.39 is 34.3 Å². The van der Waals surface area contributed by atoms with Gasteiger partial charge < -0.3 is 14.4 Å². The average Bonchev–Trinajstić information content (AvgIpc) is 3.49. The van der Waals surface area contributed by atoms with Crippen molar-refractivity contribution in [3.8, 4) is 0 Å². The van der Waals surface area contributed by atoms with E-state index in [1.54, 1.807) is 12.1 Å². The van der Waals surface area contributed by atoms with Crippen LogP contribution in [0.2, 0.25) is 0 Å². The molecule has 11 heteroatoms. The number of oxazole rings is 1. The van der Waals surface area contributed by atoms with Crippen molar-refractivity contribution in [1.82, 2.24) is 19.1 Å². The molecule has 0 saturated heterocycles. The number of carbonyl (C=O) groups is 1. The highest BCUT2D eigenvalue weighted by Gasteiger charge is 2.34. The zero-order valence-electron chi connectivity index (χ0n) is 16.6. The zero-order chi connectivity index (χ0) is 22.5. The van der Waals surface area contributed by atoms with E-state index in [4.69, 9.17) is 4.42 Å². The molecule has 1 aliphatic heterocycles. The number of aliphatic hydroxyl groups is 1. The molecule has 2 aromatic carbocycles. The maximum absolute atomic E-state index is 14.1. The lowest BCUT2D eigenvalue weighted by Gasteiger charge is -2.22. The van der Waals surface area contributed by atoms with E-state index in [-0.39, 0.29) is 23.5 Å². The summed E-state index contributed by atoms with van der Waals surface area (Å²) in [4.78, 5) is 18.3. The number of halogens is 1. The van der Waals surface area contributed by atoms with Gasteiger partial charge in [0.2, 0.25) is 5.91 Å². The summed E-state index contributed by atoms with van der Waals surface area (Å²) in [5.74, 6) is -2.08. The van der Waals surface area contributed by atoms with Crippen molar-refractivity contribution < 1.29 is 27.1 Å². The van der Waals surface area contributed by atoms with Crippen molar-refractivity contribution in [3.63, 3.8) is 0 Å². The smallest absolute Gasteiger partial charge is 0.283 e. The molecule has 1 amide bonds. The summed E-state index contributed by atoms with van der Waals surface area (Å²) in [6.07, 6.45) is 2.59. The first-order valence-electron chi connectivity index (χ1n) is 9.69. The highest BCUT2D eigenvalue weighted by atomic mass is 32.2. The van der Waals surface area contributed by atoms with Gasteiger partial charge in [0.15, 0.2) is 12.0 Å². The van der Waals surface area contributed by atoms with Crippen LogP contribution in [-0.2, 0) is 27.9 Å². The SMILES string of the molecule is O=C([C@H](CO)c1ccccc1F)N1Cc2cn(S(=O)(=O)c3ccc4ncoc4c3)nc2C1. The van der Waals surface area contributed by atoms with Crippen LogP contribution in [0.15, 0.2) is 64.4 Å². The van der Waals surface area contributed by atoms with Gasteiger partial charge in [0.1, 0.15) is 11.3 Å². The number of hydrogen-bond acceptors (Lipinski definition) is 7. The van der Waals surface area contributed by atoms with E-state index in [2.05, 4.69) is 10.1 Å². The Morgan fingerprint density at radius 1 is 1.22 bits per heavy atom. The number of amides is 1. The maximum Gasteiger partial charge on any atom is 0.283 e. The number of carbonyl (C=O) groups excluding carboxylic acids is 1. The normalized spacial score (nSPS) is 14.6. The Labute approximate surface area is 181 Å². The molecule has 0 saturated carbocycles. The second kappa shape index (κ2) is 7.53. The van der Waals surface area contributed by atoms with Crippen molar-refractivity contribution in [3.05, 3.63) is 77.7 Å². The Balaban J connectivity index is 1.38. The predicted molar refractivity (Wildman–Crippen MR) is 109 cm³/mol. The van der Waals surface area contributed by atoms with Gasteiger partial charge in [-0.25, -0.2) is 9.37 Å². The highest BCUT2D eigenvalue weighted by Crippen LogP contribution is 2.29. The molecule has 4 aromatic rings. The molecule has 9 nitrogen and oxygen atoms in total. The Hall–Kier alpha value is -3.57. The maximum atomic E-state index is 14.1. The molecule has 3 heterocycles. The van der Waals surface area contributed by atoms with Crippen LogP contribution in [-0.4, -0.2) is 45.1 Å². The van der Waals surface area contributed by atoms with E-state index in [1.165, 1.54) is 47.8 Å². The van der Waals surface area contributed by atoms with Crippen LogP contribution < -0.4 is 0 Å². The van der Waals surface area contributed by atoms with E-state index in [9.17, 15) is 22.7 Å². The van der Waals surface area contributed by atoms with Gasteiger partial charge >= 0.3 is 0 Å². The Kier molecular flexibility index (Phi) is 4.79. The van der Waals surface area contributed by atoms with E-state index in [1.807, 2.05) is 0 Å². The predicted octanol–water partition coefficient (Wildman–Crippen LogP) is 2.02. The lowest BCUT2D eigenvalue weighted by molar-refractivity contribution is -0.134. The van der Waals surface area contributed by atoms with Gasteiger partial charge in [0.05, 0.1) is 29.7 Å². The number of benzene rings is 2. The van der Waals surface area contributed by atoms with Crippen LogP contribution in [0.4, 0.5) is 4.39 Å². The second-order valence-corrected chi connectivity index (χ2v) is 9.21. The number of nitrogens with zero attached hydrogens (tertiary/aromatic N) is 4. The van der Waals surface area contributed by atoms with Crippen LogP contribution in [0.5, 0.6) is 0 Å². The van der Waals surface area contributed by atoms with Crippen molar-refractivity contribution in [2.24, 2.45) is 0 Å². The van der Waals surface area contributed by atoms with Gasteiger partial charge in [-0.3, -0.25) is 4.79 Å². The summed E-state index contributed by atoms with van der Waals surface area (Å²) in [7, 11) is -3.97. The molecule has 0 fully saturated rings. The fourth-order valence-corrected chi connectivity index (χ4v) is 4.98. The molecule has 5 rings (SSSR count). The molecule has 0 spiro atoms. The summed E-state index contributed by atoms with van der Waals surface area (Å²) < 4.78 is 46.1. The second-order valence-electron chi connectivity index (χ2n) is 7.41. The summed E-state index contributed by atoms with van der Waals surface area (Å²) in [5, 5.41) is 13.9. The Morgan fingerprint density at radius 2 is 2.03 bits per heavy atom. The quantitative estimate of drug-likeness (QED) is 0.488. The molecular weight excluding hydrogens is 439 g/mol. The van der Waals surface area contributed by atoms with Crippen LogP contribution in [0.3, 0.4) is 0 Å². The number of aromatic nitrogens is 3. The number of aliphatic hydroxyl groups excluding tert-OH is 1. The first-order chi connectivity index (χ1) is 15.4. The first-order valence-corrected chi connectivity index (χ1v) is 11.1. The molecule has 1 N–H and O–H groups in total.